The molecule has 2 aromatic rings. The number of anilines is 1. The van der Waals surface area contributed by atoms with Gasteiger partial charge in [0.15, 0.2) is 0 Å². The van der Waals surface area contributed by atoms with Crippen molar-refractivity contribution >= 4 is 28.8 Å². The van der Waals surface area contributed by atoms with Crippen molar-refractivity contribution in [1.82, 2.24) is 15.5 Å². The highest BCUT2D eigenvalue weighted by atomic mass is 32.1. The van der Waals surface area contributed by atoms with Gasteiger partial charge in [-0.25, -0.2) is 0 Å². The fourth-order valence-electron chi connectivity index (χ4n) is 1.58. The van der Waals surface area contributed by atoms with Gasteiger partial charge in [-0.2, -0.15) is 0 Å². The Morgan fingerprint density at radius 1 is 1.14 bits per heavy atom. The molecule has 0 radical (unpaired) electrons. The van der Waals surface area contributed by atoms with Crippen LogP contribution in [0.25, 0.3) is 0 Å². The molecule has 2 N–H and O–H groups in total. The van der Waals surface area contributed by atoms with Crippen molar-refractivity contribution in [3.8, 4) is 5.75 Å². The van der Waals surface area contributed by atoms with Gasteiger partial charge in [-0.3, -0.25) is 9.59 Å². The molecule has 0 saturated heterocycles. The summed E-state index contributed by atoms with van der Waals surface area (Å²) >= 11 is 0.955. The number of hydrogen-bond acceptors (Lipinski definition) is 6. The van der Waals surface area contributed by atoms with E-state index in [0.29, 0.717) is 18.0 Å². The second-order valence-corrected chi connectivity index (χ2v) is 5.33. The van der Waals surface area contributed by atoms with E-state index in [2.05, 4.69) is 20.8 Å². The SMILES string of the molecule is CCCNC(=O)c1nnc(C(=O)Nc2ccc(OC)cc2)s1. The highest BCUT2D eigenvalue weighted by Gasteiger charge is 2.17. The van der Waals surface area contributed by atoms with Crippen molar-refractivity contribution in [2.75, 3.05) is 19.0 Å². The summed E-state index contributed by atoms with van der Waals surface area (Å²) in [5.41, 5.74) is 0.609. The van der Waals surface area contributed by atoms with Crippen LogP contribution in [0.2, 0.25) is 0 Å². The van der Waals surface area contributed by atoms with Gasteiger partial charge in [-0.1, -0.05) is 18.3 Å². The quantitative estimate of drug-likeness (QED) is 0.848. The molecule has 22 heavy (non-hydrogen) atoms. The van der Waals surface area contributed by atoms with Gasteiger partial charge in [-0.15, -0.1) is 10.2 Å². The third-order valence-electron chi connectivity index (χ3n) is 2.70. The summed E-state index contributed by atoms with van der Waals surface area (Å²) in [6.07, 6.45) is 0.829. The molecular weight excluding hydrogens is 304 g/mol. The first kappa shape index (κ1) is 15.9. The lowest BCUT2D eigenvalue weighted by molar-refractivity contribution is 0.0951. The Bertz CT molecular complexity index is 654. The molecule has 1 heterocycles. The zero-order chi connectivity index (χ0) is 15.9. The van der Waals surface area contributed by atoms with Crippen LogP contribution in [-0.4, -0.2) is 35.7 Å². The van der Waals surface area contributed by atoms with E-state index < -0.39 is 5.91 Å². The molecular formula is C14H16N4O3S. The number of nitrogens with zero attached hydrogens (tertiary/aromatic N) is 2. The van der Waals surface area contributed by atoms with E-state index in [1.54, 1.807) is 31.4 Å². The first-order valence-electron chi connectivity index (χ1n) is 6.71. The van der Waals surface area contributed by atoms with Crippen molar-refractivity contribution in [3.63, 3.8) is 0 Å². The fraction of sp³-hybridized carbons (Fsp3) is 0.286. The van der Waals surface area contributed by atoms with Gasteiger partial charge in [0.2, 0.25) is 10.0 Å². The molecule has 0 saturated carbocycles. The first-order valence-corrected chi connectivity index (χ1v) is 7.52. The van der Waals surface area contributed by atoms with Crippen LogP contribution in [0.15, 0.2) is 24.3 Å². The van der Waals surface area contributed by atoms with Crippen LogP contribution in [0.4, 0.5) is 5.69 Å². The molecule has 0 atom stereocenters. The number of nitrogens with one attached hydrogen (secondary N) is 2. The number of hydrogen-bond donors (Lipinski definition) is 2. The van der Waals surface area contributed by atoms with Gasteiger partial charge in [0.25, 0.3) is 11.8 Å². The maximum absolute atomic E-state index is 12.1. The molecule has 0 aliphatic carbocycles. The van der Waals surface area contributed by atoms with Crippen LogP contribution in [0.5, 0.6) is 5.75 Å². The van der Waals surface area contributed by atoms with Crippen molar-refractivity contribution in [3.05, 3.63) is 34.3 Å². The Kier molecular flexibility index (Phi) is 5.42. The molecule has 116 valence electrons. The Hall–Kier alpha value is -2.48. The normalized spacial score (nSPS) is 10.1. The van der Waals surface area contributed by atoms with Crippen LogP contribution < -0.4 is 15.4 Å². The van der Waals surface area contributed by atoms with Crippen LogP contribution in [0, 0.1) is 0 Å². The average Bonchev–Trinajstić information content (AvgIpc) is 3.03. The summed E-state index contributed by atoms with van der Waals surface area (Å²) in [6, 6.07) is 6.90. The molecule has 0 unspecified atom stereocenters. The van der Waals surface area contributed by atoms with Gasteiger partial charge in [0.1, 0.15) is 5.75 Å². The van der Waals surface area contributed by atoms with Gasteiger partial charge in [0.05, 0.1) is 7.11 Å². The minimum atomic E-state index is -0.405. The summed E-state index contributed by atoms with van der Waals surface area (Å²) in [4.78, 5) is 23.8. The maximum atomic E-state index is 12.1. The molecule has 0 aliphatic heterocycles. The van der Waals surface area contributed by atoms with Crippen LogP contribution in [0.3, 0.4) is 0 Å². The van der Waals surface area contributed by atoms with Gasteiger partial charge < -0.3 is 15.4 Å². The van der Waals surface area contributed by atoms with E-state index in [9.17, 15) is 9.59 Å². The Morgan fingerprint density at radius 3 is 2.36 bits per heavy atom. The number of ether oxygens (including phenoxy) is 1. The van der Waals surface area contributed by atoms with Gasteiger partial charge in [0, 0.05) is 12.2 Å². The molecule has 1 aromatic carbocycles. The number of benzene rings is 1. The minimum absolute atomic E-state index is 0.137. The highest BCUT2D eigenvalue weighted by molar-refractivity contribution is 7.15. The van der Waals surface area contributed by atoms with Gasteiger partial charge >= 0.3 is 0 Å². The molecule has 0 fully saturated rings. The summed E-state index contributed by atoms with van der Waals surface area (Å²) in [5, 5.41) is 13.2. The number of rotatable bonds is 6. The minimum Gasteiger partial charge on any atom is -0.497 e. The van der Waals surface area contributed by atoms with Crippen LogP contribution in [0.1, 0.15) is 32.9 Å². The molecule has 0 aliphatic rings. The first-order chi connectivity index (χ1) is 10.6. The second-order valence-electron chi connectivity index (χ2n) is 4.35. The second kappa shape index (κ2) is 7.51. The molecule has 2 amide bonds. The number of amides is 2. The Morgan fingerprint density at radius 2 is 1.77 bits per heavy atom. The lowest BCUT2D eigenvalue weighted by Crippen LogP contribution is -2.23. The summed E-state index contributed by atoms with van der Waals surface area (Å²) in [5.74, 6) is -0.0242. The predicted molar refractivity (Wildman–Crippen MR) is 83.5 cm³/mol. The summed E-state index contributed by atoms with van der Waals surface area (Å²) < 4.78 is 5.04. The largest absolute Gasteiger partial charge is 0.497 e. The van der Waals surface area contributed by atoms with Gasteiger partial charge in [-0.05, 0) is 30.7 Å². The van der Waals surface area contributed by atoms with Crippen LogP contribution in [-0.2, 0) is 0 Å². The Balaban J connectivity index is 2.00. The molecule has 1 aromatic heterocycles. The predicted octanol–water partition coefficient (Wildman–Crippen LogP) is 1.94. The van der Waals surface area contributed by atoms with Crippen molar-refractivity contribution in [2.24, 2.45) is 0 Å². The van der Waals surface area contributed by atoms with Crippen molar-refractivity contribution < 1.29 is 14.3 Å². The molecule has 7 nitrogen and oxygen atoms in total. The lowest BCUT2D eigenvalue weighted by atomic mass is 10.3. The zero-order valence-electron chi connectivity index (χ0n) is 12.3. The summed E-state index contributed by atoms with van der Waals surface area (Å²) in [7, 11) is 1.57. The van der Waals surface area contributed by atoms with E-state index in [1.807, 2.05) is 6.92 Å². The molecule has 0 spiro atoms. The van der Waals surface area contributed by atoms with Crippen molar-refractivity contribution in [2.45, 2.75) is 13.3 Å². The van der Waals surface area contributed by atoms with E-state index in [0.717, 1.165) is 17.8 Å². The standard InChI is InChI=1S/C14H16N4O3S/c1-3-8-15-11(19)13-17-18-14(22-13)12(20)16-9-4-6-10(21-2)7-5-9/h4-7H,3,8H2,1-2H3,(H,15,19)(H,16,20). The maximum Gasteiger partial charge on any atom is 0.286 e. The van der Waals surface area contributed by atoms with E-state index >= 15 is 0 Å². The van der Waals surface area contributed by atoms with E-state index in [1.165, 1.54) is 0 Å². The zero-order valence-corrected chi connectivity index (χ0v) is 13.1. The average molecular weight is 320 g/mol. The Labute approximate surface area is 131 Å². The molecule has 0 bridgehead atoms. The monoisotopic (exact) mass is 320 g/mol. The molecule has 2 rings (SSSR count). The van der Waals surface area contributed by atoms with Crippen LogP contribution >= 0.6 is 11.3 Å². The fourth-order valence-corrected chi connectivity index (χ4v) is 2.23. The smallest absolute Gasteiger partial charge is 0.286 e. The third-order valence-corrected chi connectivity index (χ3v) is 3.62. The third kappa shape index (κ3) is 4.01. The van der Waals surface area contributed by atoms with E-state index in [-0.39, 0.29) is 15.9 Å². The summed E-state index contributed by atoms with van der Waals surface area (Å²) in [6.45, 7) is 2.51. The number of methoxy groups -OCH3 is 1. The van der Waals surface area contributed by atoms with E-state index in [4.69, 9.17) is 4.74 Å². The number of aromatic nitrogens is 2. The number of carbonyl (C=O) groups excluding carboxylic acids is 2. The van der Waals surface area contributed by atoms with Crippen molar-refractivity contribution in [1.29, 1.82) is 0 Å². The molecule has 8 heteroatoms. The lowest BCUT2D eigenvalue weighted by Gasteiger charge is -2.03. The topological polar surface area (TPSA) is 93.2 Å². The highest BCUT2D eigenvalue weighted by Crippen LogP contribution is 2.17. The number of carbonyl (C=O) groups is 2.